The zero-order valence-corrected chi connectivity index (χ0v) is 10.4. The number of fused-ring (bicyclic) bond motifs is 1. The highest BCUT2D eigenvalue weighted by atomic mass is 32.2. The van der Waals surface area contributed by atoms with Crippen LogP contribution in [0.15, 0.2) is 23.1 Å². The number of hydrogen-bond donors (Lipinski definition) is 0. The van der Waals surface area contributed by atoms with E-state index in [-0.39, 0.29) is 21.8 Å². The molecule has 0 spiro atoms. The van der Waals surface area contributed by atoms with Gasteiger partial charge < -0.3 is 0 Å². The quantitative estimate of drug-likeness (QED) is 0.694. The molecule has 0 unspecified atom stereocenters. The predicted octanol–water partition coefficient (Wildman–Crippen LogP) is 1.95. The van der Waals surface area contributed by atoms with Gasteiger partial charge in [0.1, 0.15) is 5.75 Å². The molecule has 1 aromatic rings. The minimum atomic E-state index is -3.37. The van der Waals surface area contributed by atoms with E-state index in [1.807, 2.05) is 20.8 Å². The van der Waals surface area contributed by atoms with E-state index in [1.54, 1.807) is 18.2 Å². The van der Waals surface area contributed by atoms with E-state index in [1.165, 1.54) is 0 Å². The average Bonchev–Trinajstić information content (AvgIpc) is 2.36. The van der Waals surface area contributed by atoms with Gasteiger partial charge in [0.2, 0.25) is 0 Å². The molecule has 1 aliphatic heterocycles. The van der Waals surface area contributed by atoms with Gasteiger partial charge in [-0.1, -0.05) is 26.8 Å². The van der Waals surface area contributed by atoms with Gasteiger partial charge in [-0.3, -0.25) is 4.79 Å². The molecule has 86 valence electrons. The van der Waals surface area contributed by atoms with Crippen LogP contribution >= 0.6 is 0 Å². The molecule has 0 amide bonds. The SMILES string of the molecule is CC(C)(C)c1ccc2c(c1)C(=O)CS2(=O)=O. The van der Waals surface area contributed by atoms with Gasteiger partial charge in [-0.25, -0.2) is 8.42 Å². The lowest BCUT2D eigenvalue weighted by Crippen LogP contribution is -2.11. The van der Waals surface area contributed by atoms with E-state index in [0.29, 0.717) is 5.56 Å². The number of carbonyl (C=O) groups is 1. The molecule has 2 rings (SSSR count). The number of sulfone groups is 1. The van der Waals surface area contributed by atoms with Crippen LogP contribution in [-0.2, 0) is 15.3 Å². The molecule has 0 saturated heterocycles. The summed E-state index contributed by atoms with van der Waals surface area (Å²) in [5.74, 6) is -0.670. The Morgan fingerprint density at radius 3 is 2.38 bits per heavy atom. The Labute approximate surface area is 95.4 Å². The molecule has 16 heavy (non-hydrogen) atoms. The van der Waals surface area contributed by atoms with Crippen LogP contribution in [-0.4, -0.2) is 20.0 Å². The number of rotatable bonds is 0. The molecule has 0 radical (unpaired) electrons. The lowest BCUT2D eigenvalue weighted by Gasteiger charge is -2.19. The van der Waals surface area contributed by atoms with Crippen LogP contribution in [0.2, 0.25) is 0 Å². The molecule has 0 aliphatic carbocycles. The van der Waals surface area contributed by atoms with E-state index in [2.05, 4.69) is 0 Å². The molecule has 1 aromatic carbocycles. The van der Waals surface area contributed by atoms with Gasteiger partial charge in [0, 0.05) is 5.56 Å². The van der Waals surface area contributed by atoms with Gasteiger partial charge >= 0.3 is 0 Å². The normalized spacial score (nSPS) is 18.6. The van der Waals surface area contributed by atoms with Crippen LogP contribution in [0.4, 0.5) is 0 Å². The summed E-state index contributed by atoms with van der Waals surface area (Å²) in [6.07, 6.45) is 0. The summed E-state index contributed by atoms with van der Waals surface area (Å²) in [5, 5.41) is 0. The molecule has 0 aromatic heterocycles. The molecular formula is C12H14O3S. The number of Topliss-reactive ketones (excluding diaryl/α,β-unsaturated/α-hetero) is 1. The maximum absolute atomic E-state index is 11.6. The van der Waals surface area contributed by atoms with Gasteiger partial charge in [0.25, 0.3) is 0 Å². The first-order valence-electron chi connectivity index (χ1n) is 5.12. The molecule has 0 atom stereocenters. The minimum Gasteiger partial charge on any atom is -0.293 e. The Balaban J connectivity index is 2.67. The van der Waals surface area contributed by atoms with Crippen molar-refractivity contribution in [2.75, 3.05) is 5.75 Å². The first-order valence-corrected chi connectivity index (χ1v) is 6.77. The fourth-order valence-electron chi connectivity index (χ4n) is 1.81. The fraction of sp³-hybridized carbons (Fsp3) is 0.417. The molecule has 0 fully saturated rings. The van der Waals surface area contributed by atoms with Crippen LogP contribution in [0, 0.1) is 0 Å². The van der Waals surface area contributed by atoms with E-state index < -0.39 is 9.84 Å². The van der Waals surface area contributed by atoms with Crippen molar-refractivity contribution in [3.8, 4) is 0 Å². The first-order chi connectivity index (χ1) is 7.22. The monoisotopic (exact) mass is 238 g/mol. The average molecular weight is 238 g/mol. The maximum atomic E-state index is 11.6. The Morgan fingerprint density at radius 2 is 1.81 bits per heavy atom. The summed E-state index contributed by atoms with van der Waals surface area (Å²) in [4.78, 5) is 11.8. The zero-order chi connectivity index (χ0) is 12.1. The first kappa shape index (κ1) is 11.3. The van der Waals surface area contributed by atoms with Crippen molar-refractivity contribution in [1.82, 2.24) is 0 Å². The van der Waals surface area contributed by atoms with Gasteiger partial charge in [0.15, 0.2) is 15.6 Å². The topological polar surface area (TPSA) is 51.2 Å². The third-order valence-corrected chi connectivity index (χ3v) is 4.47. The van der Waals surface area contributed by atoms with Gasteiger partial charge in [0.05, 0.1) is 4.90 Å². The highest BCUT2D eigenvalue weighted by molar-refractivity contribution is 7.92. The van der Waals surface area contributed by atoms with E-state index >= 15 is 0 Å². The number of hydrogen-bond acceptors (Lipinski definition) is 3. The van der Waals surface area contributed by atoms with E-state index in [0.717, 1.165) is 5.56 Å². The van der Waals surface area contributed by atoms with Gasteiger partial charge in [-0.15, -0.1) is 0 Å². The van der Waals surface area contributed by atoms with Crippen LogP contribution in [0.3, 0.4) is 0 Å². The second-order valence-electron chi connectivity index (χ2n) is 5.14. The molecule has 3 nitrogen and oxygen atoms in total. The van der Waals surface area contributed by atoms with Gasteiger partial charge in [-0.2, -0.15) is 0 Å². The second-order valence-corrected chi connectivity index (χ2v) is 7.10. The van der Waals surface area contributed by atoms with Crippen molar-refractivity contribution >= 4 is 15.6 Å². The van der Waals surface area contributed by atoms with Crippen molar-refractivity contribution in [3.63, 3.8) is 0 Å². The largest absolute Gasteiger partial charge is 0.293 e. The molecule has 4 heteroatoms. The second kappa shape index (κ2) is 3.17. The molecule has 1 aliphatic rings. The number of ketones is 1. The third kappa shape index (κ3) is 1.67. The Bertz CT molecular complexity index is 562. The summed E-state index contributed by atoms with van der Waals surface area (Å²) in [5.41, 5.74) is 1.26. The predicted molar refractivity (Wildman–Crippen MR) is 61.5 cm³/mol. The molecule has 0 saturated carbocycles. The summed E-state index contributed by atoms with van der Waals surface area (Å²) in [6.45, 7) is 6.09. The molecular weight excluding hydrogens is 224 g/mol. The Hall–Kier alpha value is -1.16. The van der Waals surface area contributed by atoms with Crippen molar-refractivity contribution < 1.29 is 13.2 Å². The molecule has 0 bridgehead atoms. The van der Waals surface area contributed by atoms with Crippen LogP contribution < -0.4 is 0 Å². The van der Waals surface area contributed by atoms with E-state index in [9.17, 15) is 13.2 Å². The maximum Gasteiger partial charge on any atom is 0.186 e. The van der Waals surface area contributed by atoms with Gasteiger partial charge in [-0.05, 0) is 23.1 Å². The Kier molecular flexibility index (Phi) is 2.24. The smallest absolute Gasteiger partial charge is 0.186 e. The minimum absolute atomic E-state index is 0.0817. The number of carbonyl (C=O) groups excluding carboxylic acids is 1. The zero-order valence-electron chi connectivity index (χ0n) is 9.57. The van der Waals surface area contributed by atoms with Crippen LogP contribution in [0.25, 0.3) is 0 Å². The van der Waals surface area contributed by atoms with Crippen LogP contribution in [0.1, 0.15) is 36.7 Å². The van der Waals surface area contributed by atoms with E-state index in [4.69, 9.17) is 0 Å². The fourth-order valence-corrected chi connectivity index (χ4v) is 3.25. The summed E-state index contributed by atoms with van der Waals surface area (Å²) >= 11 is 0. The molecule has 1 heterocycles. The van der Waals surface area contributed by atoms with Crippen molar-refractivity contribution in [3.05, 3.63) is 29.3 Å². The Morgan fingerprint density at radius 1 is 1.19 bits per heavy atom. The van der Waals surface area contributed by atoms with Crippen molar-refractivity contribution in [2.45, 2.75) is 31.1 Å². The number of benzene rings is 1. The lowest BCUT2D eigenvalue weighted by atomic mass is 9.86. The lowest BCUT2D eigenvalue weighted by molar-refractivity contribution is 0.102. The highest BCUT2D eigenvalue weighted by Gasteiger charge is 2.34. The third-order valence-electron chi connectivity index (χ3n) is 2.80. The van der Waals surface area contributed by atoms with Crippen LogP contribution in [0.5, 0.6) is 0 Å². The van der Waals surface area contributed by atoms with Crippen molar-refractivity contribution in [1.29, 1.82) is 0 Å². The summed E-state index contributed by atoms with van der Waals surface area (Å²) in [6, 6.07) is 5.05. The highest BCUT2D eigenvalue weighted by Crippen LogP contribution is 2.31. The standard InChI is InChI=1S/C12H14O3S/c1-12(2,3)8-4-5-11-9(6-8)10(13)7-16(11,14)15/h4-6H,7H2,1-3H3. The summed E-state index contributed by atoms with van der Waals surface area (Å²) in [7, 11) is -3.37. The summed E-state index contributed by atoms with van der Waals surface area (Å²) < 4.78 is 23.2. The molecule has 0 N–H and O–H groups in total. The van der Waals surface area contributed by atoms with Crippen molar-refractivity contribution in [2.24, 2.45) is 0 Å².